The van der Waals surface area contributed by atoms with E-state index >= 15 is 0 Å². The zero-order valence-electron chi connectivity index (χ0n) is 29.0. The van der Waals surface area contributed by atoms with Gasteiger partial charge in [0.05, 0.1) is 0 Å². The van der Waals surface area contributed by atoms with Gasteiger partial charge in [-0.1, -0.05) is 158 Å². The Morgan fingerprint density at radius 2 is 1.00 bits per heavy atom. The first-order valence-electron chi connectivity index (χ1n) is 18.1. The predicted molar refractivity (Wildman–Crippen MR) is 216 cm³/mol. The van der Waals surface area contributed by atoms with Crippen LogP contribution in [0.4, 0.5) is 0 Å². The summed E-state index contributed by atoms with van der Waals surface area (Å²) in [4.78, 5) is 20.9. The standard InChI is InChI=1S/C49H30N4O/c1-4-14-32(15-5-1)45-51-46(53-48(52-45)49(36-18-8-3-9-19-36)40-22-12-10-20-38(40)39-21-11-13-23-41(39)49)35-26-28-37-34(30-35)25-24-31-27-29-42-44(43(31)37)54-47(50-42)33-16-6-2-7-17-33/h1-30H. The average Bonchev–Trinajstić information content (AvgIpc) is 3.83. The number of rotatable bonds is 5. The third-order valence-corrected chi connectivity index (χ3v) is 10.8. The molecule has 0 amide bonds. The van der Waals surface area contributed by atoms with Crippen molar-refractivity contribution < 1.29 is 4.42 Å². The van der Waals surface area contributed by atoms with E-state index < -0.39 is 5.41 Å². The highest BCUT2D eigenvalue weighted by molar-refractivity contribution is 6.18. The molecule has 0 N–H and O–H groups in total. The molecule has 54 heavy (non-hydrogen) atoms. The summed E-state index contributed by atoms with van der Waals surface area (Å²) in [6.07, 6.45) is 0. The van der Waals surface area contributed by atoms with Crippen molar-refractivity contribution >= 4 is 32.6 Å². The van der Waals surface area contributed by atoms with Crippen LogP contribution in [-0.4, -0.2) is 19.9 Å². The van der Waals surface area contributed by atoms with E-state index in [1.165, 1.54) is 11.1 Å². The molecular weight excluding hydrogens is 661 g/mol. The second-order valence-corrected chi connectivity index (χ2v) is 13.8. The van der Waals surface area contributed by atoms with Crippen molar-refractivity contribution in [2.75, 3.05) is 0 Å². The molecule has 1 aliphatic rings. The summed E-state index contributed by atoms with van der Waals surface area (Å²) in [7, 11) is 0. The monoisotopic (exact) mass is 690 g/mol. The molecule has 8 aromatic carbocycles. The highest BCUT2D eigenvalue weighted by Crippen LogP contribution is 2.55. The van der Waals surface area contributed by atoms with Gasteiger partial charge in [0.1, 0.15) is 10.9 Å². The van der Waals surface area contributed by atoms with Gasteiger partial charge in [0.15, 0.2) is 23.1 Å². The molecule has 0 atom stereocenters. The third-order valence-electron chi connectivity index (χ3n) is 10.8. The first-order valence-corrected chi connectivity index (χ1v) is 18.1. The molecule has 0 radical (unpaired) electrons. The van der Waals surface area contributed by atoms with Crippen LogP contribution in [0.15, 0.2) is 186 Å². The number of aromatic nitrogens is 4. The van der Waals surface area contributed by atoms with Crippen molar-refractivity contribution in [1.29, 1.82) is 0 Å². The molecule has 0 unspecified atom stereocenters. The van der Waals surface area contributed by atoms with E-state index in [1.807, 2.05) is 54.6 Å². The molecule has 0 spiro atoms. The second kappa shape index (κ2) is 11.9. The first-order chi connectivity index (χ1) is 26.8. The number of nitrogens with zero attached hydrogens (tertiary/aromatic N) is 4. The molecule has 2 heterocycles. The Morgan fingerprint density at radius 3 is 1.70 bits per heavy atom. The molecule has 5 heteroatoms. The van der Waals surface area contributed by atoms with Crippen LogP contribution in [0.2, 0.25) is 0 Å². The average molecular weight is 691 g/mol. The van der Waals surface area contributed by atoms with Gasteiger partial charge in [0, 0.05) is 22.1 Å². The van der Waals surface area contributed by atoms with Gasteiger partial charge in [0.2, 0.25) is 5.89 Å². The van der Waals surface area contributed by atoms with Crippen LogP contribution in [0.25, 0.3) is 78.0 Å². The van der Waals surface area contributed by atoms with Crippen LogP contribution >= 0.6 is 0 Å². The van der Waals surface area contributed by atoms with Crippen LogP contribution in [0, 0.1) is 0 Å². The predicted octanol–water partition coefficient (Wildman–Crippen LogP) is 11.7. The van der Waals surface area contributed by atoms with Crippen molar-refractivity contribution in [3.05, 3.63) is 205 Å². The van der Waals surface area contributed by atoms with E-state index in [2.05, 4.69) is 127 Å². The molecule has 0 bridgehead atoms. The summed E-state index contributed by atoms with van der Waals surface area (Å²) < 4.78 is 6.49. The molecule has 2 aromatic heterocycles. The van der Waals surface area contributed by atoms with Crippen molar-refractivity contribution in [3.63, 3.8) is 0 Å². The van der Waals surface area contributed by atoms with E-state index in [0.29, 0.717) is 23.4 Å². The molecule has 0 saturated carbocycles. The molecule has 10 aromatic rings. The van der Waals surface area contributed by atoms with Crippen LogP contribution in [0.1, 0.15) is 22.5 Å². The van der Waals surface area contributed by atoms with E-state index in [0.717, 1.165) is 66.0 Å². The smallest absolute Gasteiger partial charge is 0.227 e. The van der Waals surface area contributed by atoms with Crippen molar-refractivity contribution in [2.45, 2.75) is 5.41 Å². The minimum Gasteiger partial charge on any atom is -0.435 e. The summed E-state index contributed by atoms with van der Waals surface area (Å²) in [5, 5.41) is 4.27. The summed E-state index contributed by atoms with van der Waals surface area (Å²) in [6, 6.07) is 63.1. The highest BCUT2D eigenvalue weighted by atomic mass is 16.3. The van der Waals surface area contributed by atoms with Gasteiger partial charge < -0.3 is 4.42 Å². The Bertz CT molecular complexity index is 3000. The molecule has 5 nitrogen and oxygen atoms in total. The Balaban J connectivity index is 1.16. The number of hydrogen-bond donors (Lipinski definition) is 0. The molecule has 0 saturated heterocycles. The lowest BCUT2D eigenvalue weighted by Gasteiger charge is -2.32. The second-order valence-electron chi connectivity index (χ2n) is 13.8. The maximum atomic E-state index is 6.49. The minimum atomic E-state index is -0.767. The summed E-state index contributed by atoms with van der Waals surface area (Å²) in [5.41, 5.74) is 9.42. The van der Waals surface area contributed by atoms with E-state index in [4.69, 9.17) is 24.4 Å². The van der Waals surface area contributed by atoms with Gasteiger partial charge in [-0.2, -0.15) is 0 Å². The quantitative estimate of drug-likeness (QED) is 0.168. The van der Waals surface area contributed by atoms with Gasteiger partial charge >= 0.3 is 0 Å². The maximum Gasteiger partial charge on any atom is 0.227 e. The van der Waals surface area contributed by atoms with E-state index in [9.17, 15) is 0 Å². The van der Waals surface area contributed by atoms with E-state index in [1.54, 1.807) is 0 Å². The Labute approximate surface area is 311 Å². The number of oxazole rings is 1. The van der Waals surface area contributed by atoms with Crippen LogP contribution in [-0.2, 0) is 5.41 Å². The summed E-state index contributed by atoms with van der Waals surface area (Å²) >= 11 is 0. The van der Waals surface area contributed by atoms with Gasteiger partial charge in [-0.05, 0) is 68.2 Å². The number of benzene rings is 8. The summed E-state index contributed by atoms with van der Waals surface area (Å²) in [5.74, 6) is 2.54. The molecular formula is C49H30N4O. The highest BCUT2D eigenvalue weighted by Gasteiger charge is 2.48. The lowest BCUT2D eigenvalue weighted by atomic mass is 9.71. The lowest BCUT2D eigenvalue weighted by molar-refractivity contribution is 0.623. The number of fused-ring (bicyclic) bond motifs is 8. The largest absolute Gasteiger partial charge is 0.435 e. The minimum absolute atomic E-state index is 0.611. The Kier molecular flexibility index (Phi) is 6.70. The van der Waals surface area contributed by atoms with Crippen molar-refractivity contribution in [1.82, 2.24) is 19.9 Å². The van der Waals surface area contributed by atoms with Gasteiger partial charge in [-0.25, -0.2) is 19.9 Å². The fourth-order valence-electron chi connectivity index (χ4n) is 8.37. The zero-order valence-corrected chi connectivity index (χ0v) is 29.0. The SMILES string of the molecule is c1ccc(-c2nc(-c3ccc4c(ccc5ccc6nc(-c7ccccc7)oc6c54)c3)nc(C3(c4ccccc4)c4ccccc4-c4ccccc43)n2)cc1. The van der Waals surface area contributed by atoms with Gasteiger partial charge in [-0.15, -0.1) is 0 Å². The maximum absolute atomic E-state index is 6.49. The van der Waals surface area contributed by atoms with Crippen molar-refractivity contribution in [2.24, 2.45) is 0 Å². The Hall–Kier alpha value is -7.24. The molecule has 1 aliphatic carbocycles. The first kappa shape index (κ1) is 30.4. The molecule has 252 valence electrons. The number of hydrogen-bond acceptors (Lipinski definition) is 5. The normalized spacial score (nSPS) is 13.0. The van der Waals surface area contributed by atoms with Gasteiger partial charge in [0.25, 0.3) is 0 Å². The molecule has 0 fully saturated rings. The van der Waals surface area contributed by atoms with Crippen LogP contribution in [0.3, 0.4) is 0 Å². The van der Waals surface area contributed by atoms with Gasteiger partial charge in [-0.3, -0.25) is 0 Å². The molecule has 0 aliphatic heterocycles. The zero-order chi connectivity index (χ0) is 35.6. The molecule has 11 rings (SSSR count). The van der Waals surface area contributed by atoms with E-state index in [-0.39, 0.29) is 0 Å². The van der Waals surface area contributed by atoms with Crippen molar-refractivity contribution in [3.8, 4) is 45.4 Å². The third kappa shape index (κ3) is 4.52. The van der Waals surface area contributed by atoms with Crippen LogP contribution in [0.5, 0.6) is 0 Å². The summed E-state index contributed by atoms with van der Waals surface area (Å²) in [6.45, 7) is 0. The lowest BCUT2D eigenvalue weighted by Crippen LogP contribution is -2.31. The van der Waals surface area contributed by atoms with Crippen LogP contribution < -0.4 is 0 Å². The topological polar surface area (TPSA) is 64.7 Å². The Morgan fingerprint density at radius 1 is 0.426 bits per heavy atom. The fourth-order valence-corrected chi connectivity index (χ4v) is 8.37. The fraction of sp³-hybridized carbons (Fsp3) is 0.0204.